The number of ether oxygens (including phenoxy) is 1. The Kier molecular flexibility index (Phi) is 5.91. The molecule has 1 heterocycles. The lowest BCUT2D eigenvalue weighted by atomic mass is 9.93. The largest absolute Gasteiger partial charge is 0.490 e. The molecule has 1 fully saturated rings. The van der Waals surface area contributed by atoms with Gasteiger partial charge in [0, 0.05) is 29.2 Å². The monoisotopic (exact) mass is 362 g/mol. The van der Waals surface area contributed by atoms with Crippen molar-refractivity contribution in [2.45, 2.75) is 57.6 Å². The summed E-state index contributed by atoms with van der Waals surface area (Å²) in [6, 6.07) is 8.00. The van der Waals surface area contributed by atoms with Crippen LogP contribution in [0, 0.1) is 0 Å². The lowest BCUT2D eigenvalue weighted by Gasteiger charge is -2.29. The topological polar surface area (TPSA) is 68.3 Å². The van der Waals surface area contributed by atoms with Gasteiger partial charge >= 0.3 is 0 Å². The summed E-state index contributed by atoms with van der Waals surface area (Å²) in [6.45, 7) is 2.00. The van der Waals surface area contributed by atoms with E-state index in [0.29, 0.717) is 6.42 Å². The first-order valence-electron chi connectivity index (χ1n) is 9.07. The maximum absolute atomic E-state index is 12.0. The van der Waals surface area contributed by atoms with Gasteiger partial charge in [-0.1, -0.05) is 25.5 Å². The van der Waals surface area contributed by atoms with Crippen LogP contribution in [0.2, 0.25) is 0 Å². The third kappa shape index (κ3) is 4.92. The van der Waals surface area contributed by atoms with Gasteiger partial charge in [-0.25, -0.2) is 13.1 Å². The molecule has 2 aromatic rings. The fourth-order valence-corrected chi connectivity index (χ4v) is 4.85. The lowest BCUT2D eigenvalue weighted by molar-refractivity contribution is 0.146. The van der Waals surface area contributed by atoms with E-state index >= 15 is 0 Å². The van der Waals surface area contributed by atoms with Crippen molar-refractivity contribution in [2.75, 3.05) is 5.75 Å². The van der Waals surface area contributed by atoms with Crippen LogP contribution in [0.5, 0.6) is 5.75 Å². The van der Waals surface area contributed by atoms with Gasteiger partial charge in [0.05, 0.1) is 11.9 Å². The molecule has 0 bridgehead atoms. The molecular weight excluding hydrogens is 336 g/mol. The van der Waals surface area contributed by atoms with E-state index in [1.807, 2.05) is 37.4 Å². The second-order valence-corrected chi connectivity index (χ2v) is 8.61. The van der Waals surface area contributed by atoms with Crippen molar-refractivity contribution in [1.29, 1.82) is 0 Å². The van der Waals surface area contributed by atoms with Crippen LogP contribution < -0.4 is 9.46 Å². The number of nitrogens with one attached hydrogen (secondary N) is 1. The Morgan fingerprint density at radius 2 is 2.00 bits per heavy atom. The van der Waals surface area contributed by atoms with Crippen molar-refractivity contribution >= 4 is 20.8 Å². The second kappa shape index (κ2) is 8.15. The molecule has 1 saturated carbocycles. The van der Waals surface area contributed by atoms with E-state index in [4.69, 9.17) is 4.74 Å². The molecule has 0 amide bonds. The molecule has 3 rings (SSSR count). The maximum Gasteiger partial charge on any atom is 0.211 e. The van der Waals surface area contributed by atoms with Crippen molar-refractivity contribution in [2.24, 2.45) is 0 Å². The minimum absolute atomic E-state index is 0.0402. The number of nitrogens with zero attached hydrogens (tertiary/aromatic N) is 1. The van der Waals surface area contributed by atoms with Gasteiger partial charge in [0.15, 0.2) is 0 Å². The highest BCUT2D eigenvalue weighted by Crippen LogP contribution is 2.29. The number of hydrogen-bond donors (Lipinski definition) is 1. The number of aromatic nitrogens is 1. The molecule has 1 aliphatic rings. The quantitative estimate of drug-likeness (QED) is 0.816. The van der Waals surface area contributed by atoms with Crippen LogP contribution in [-0.4, -0.2) is 31.3 Å². The maximum atomic E-state index is 12.0. The standard InChI is InChI=1S/C19H26N2O3S/c1-2-3-13-25(22,23)21-16-7-9-17(10-8-16)24-19-6-4-5-15-14-20-12-11-18(15)19/h4-6,11-12,14,16-17,21H,2-3,7-10,13H2,1H3. The minimum atomic E-state index is -3.15. The van der Waals surface area contributed by atoms with Gasteiger partial charge in [-0.05, 0) is 44.2 Å². The Morgan fingerprint density at radius 1 is 1.20 bits per heavy atom. The average molecular weight is 362 g/mol. The zero-order valence-electron chi connectivity index (χ0n) is 14.6. The summed E-state index contributed by atoms with van der Waals surface area (Å²) in [7, 11) is -3.15. The molecule has 0 atom stereocenters. The van der Waals surface area contributed by atoms with Crippen molar-refractivity contribution in [1.82, 2.24) is 9.71 Å². The van der Waals surface area contributed by atoms with Crippen molar-refractivity contribution in [3.05, 3.63) is 36.7 Å². The average Bonchev–Trinajstić information content (AvgIpc) is 2.62. The molecule has 0 radical (unpaired) electrons. The Balaban J connectivity index is 1.56. The van der Waals surface area contributed by atoms with E-state index in [9.17, 15) is 8.42 Å². The Labute approximate surface area is 149 Å². The summed E-state index contributed by atoms with van der Waals surface area (Å²) in [5.74, 6) is 1.11. The summed E-state index contributed by atoms with van der Waals surface area (Å²) < 4.78 is 33.1. The summed E-state index contributed by atoms with van der Waals surface area (Å²) in [6.07, 6.45) is 8.72. The minimum Gasteiger partial charge on any atom is -0.490 e. The van der Waals surface area contributed by atoms with Gasteiger partial charge in [-0.15, -0.1) is 0 Å². The van der Waals surface area contributed by atoms with E-state index in [1.165, 1.54) is 0 Å². The predicted molar refractivity (Wildman–Crippen MR) is 100 cm³/mol. The van der Waals surface area contributed by atoms with Crippen LogP contribution in [0.15, 0.2) is 36.7 Å². The summed E-state index contributed by atoms with van der Waals surface area (Å²) in [4.78, 5) is 4.15. The molecule has 5 nitrogen and oxygen atoms in total. The van der Waals surface area contributed by atoms with E-state index in [-0.39, 0.29) is 17.9 Å². The Hall–Kier alpha value is -1.66. The molecule has 25 heavy (non-hydrogen) atoms. The molecule has 1 aromatic heterocycles. The molecule has 6 heteroatoms. The number of pyridine rings is 1. The van der Waals surface area contributed by atoms with Gasteiger partial charge in [-0.3, -0.25) is 4.98 Å². The molecule has 1 N–H and O–H groups in total. The first kappa shape index (κ1) is 18.1. The normalized spacial score (nSPS) is 21.3. The van der Waals surface area contributed by atoms with Crippen molar-refractivity contribution < 1.29 is 13.2 Å². The number of benzene rings is 1. The van der Waals surface area contributed by atoms with Crippen LogP contribution in [0.4, 0.5) is 0 Å². The van der Waals surface area contributed by atoms with Gasteiger partial charge in [0.1, 0.15) is 5.75 Å². The molecule has 1 aromatic carbocycles. The fourth-order valence-electron chi connectivity index (χ4n) is 3.32. The van der Waals surface area contributed by atoms with E-state index in [1.54, 1.807) is 6.20 Å². The highest BCUT2D eigenvalue weighted by atomic mass is 32.2. The van der Waals surface area contributed by atoms with Gasteiger partial charge < -0.3 is 4.74 Å². The SMILES string of the molecule is CCCCS(=O)(=O)NC1CCC(Oc2cccc3cnccc23)CC1. The van der Waals surface area contributed by atoms with E-state index in [2.05, 4.69) is 9.71 Å². The fraction of sp³-hybridized carbons (Fsp3) is 0.526. The first-order valence-corrected chi connectivity index (χ1v) is 10.7. The van der Waals surface area contributed by atoms with Gasteiger partial charge in [0.2, 0.25) is 10.0 Å². The highest BCUT2D eigenvalue weighted by molar-refractivity contribution is 7.89. The summed E-state index contributed by atoms with van der Waals surface area (Å²) in [5, 5.41) is 2.14. The van der Waals surface area contributed by atoms with Crippen molar-refractivity contribution in [3.63, 3.8) is 0 Å². The highest BCUT2D eigenvalue weighted by Gasteiger charge is 2.25. The number of rotatable bonds is 7. The first-order chi connectivity index (χ1) is 12.1. The van der Waals surface area contributed by atoms with Crippen LogP contribution in [-0.2, 0) is 10.0 Å². The molecule has 0 spiro atoms. The van der Waals surface area contributed by atoms with Gasteiger partial charge in [-0.2, -0.15) is 0 Å². The third-order valence-electron chi connectivity index (χ3n) is 4.72. The van der Waals surface area contributed by atoms with E-state index in [0.717, 1.165) is 48.6 Å². The van der Waals surface area contributed by atoms with Crippen LogP contribution in [0.25, 0.3) is 10.8 Å². The molecule has 0 unspecified atom stereocenters. The number of unbranched alkanes of at least 4 members (excludes halogenated alkanes) is 1. The smallest absolute Gasteiger partial charge is 0.211 e. The summed E-state index contributed by atoms with van der Waals surface area (Å²) in [5.41, 5.74) is 0. The number of fused-ring (bicyclic) bond motifs is 1. The Morgan fingerprint density at radius 3 is 2.76 bits per heavy atom. The molecule has 0 aliphatic heterocycles. The number of sulfonamides is 1. The van der Waals surface area contributed by atoms with Crippen LogP contribution in [0.1, 0.15) is 45.4 Å². The summed E-state index contributed by atoms with van der Waals surface area (Å²) >= 11 is 0. The van der Waals surface area contributed by atoms with Crippen LogP contribution in [0.3, 0.4) is 0 Å². The Bertz CT molecular complexity index is 794. The molecule has 1 aliphatic carbocycles. The zero-order chi connectivity index (χ0) is 17.7. The second-order valence-electron chi connectivity index (χ2n) is 6.73. The van der Waals surface area contributed by atoms with Crippen LogP contribution >= 0.6 is 0 Å². The molecular formula is C19H26N2O3S. The van der Waals surface area contributed by atoms with Gasteiger partial charge in [0.25, 0.3) is 0 Å². The lowest BCUT2D eigenvalue weighted by Crippen LogP contribution is -2.40. The van der Waals surface area contributed by atoms with E-state index < -0.39 is 10.0 Å². The molecule has 0 saturated heterocycles. The molecule has 136 valence electrons. The third-order valence-corrected chi connectivity index (χ3v) is 6.24. The number of hydrogen-bond acceptors (Lipinski definition) is 4. The van der Waals surface area contributed by atoms with Crippen molar-refractivity contribution in [3.8, 4) is 5.75 Å². The predicted octanol–water partition coefficient (Wildman–Crippen LogP) is 3.64. The zero-order valence-corrected chi connectivity index (χ0v) is 15.5.